The molecular weight excluding hydrogens is 248 g/mol. The zero-order chi connectivity index (χ0) is 15.1. The number of nitrogen functional groups attached to an aromatic ring is 1. The Morgan fingerprint density at radius 2 is 1.80 bits per heavy atom. The molecule has 4 heteroatoms. The number of nitrogens with zero attached hydrogens (tertiary/aromatic N) is 3. The lowest BCUT2D eigenvalue weighted by molar-refractivity contribution is 0.263. The first-order valence-electron chi connectivity index (χ1n) is 7.47. The molecule has 1 aliphatic rings. The molecule has 2 rings (SSSR count). The molecule has 2 heterocycles. The zero-order valence-electron chi connectivity index (χ0n) is 13.7. The molecule has 0 bridgehead atoms. The van der Waals surface area contributed by atoms with Crippen molar-refractivity contribution in [2.45, 2.75) is 53.4 Å². The molecule has 1 fully saturated rings. The summed E-state index contributed by atoms with van der Waals surface area (Å²) in [6, 6.07) is 1.90. The second-order valence-electron chi connectivity index (χ2n) is 8.02. The Labute approximate surface area is 122 Å². The predicted octanol–water partition coefficient (Wildman–Crippen LogP) is 3.23. The summed E-state index contributed by atoms with van der Waals surface area (Å²) < 4.78 is 0. The maximum Gasteiger partial charge on any atom is 0.138 e. The molecule has 1 unspecified atom stereocenters. The lowest BCUT2D eigenvalue weighted by Gasteiger charge is -2.27. The predicted molar refractivity (Wildman–Crippen MR) is 84.9 cm³/mol. The van der Waals surface area contributed by atoms with Gasteiger partial charge < -0.3 is 10.6 Å². The Hall–Kier alpha value is -1.32. The van der Waals surface area contributed by atoms with Crippen LogP contribution in [0, 0.1) is 11.3 Å². The normalized spacial score (nSPS) is 20.5. The van der Waals surface area contributed by atoms with Gasteiger partial charge in [-0.15, -0.1) is 0 Å². The second-order valence-corrected chi connectivity index (χ2v) is 8.02. The number of hydrogen-bond donors (Lipinski definition) is 1. The Morgan fingerprint density at radius 3 is 2.30 bits per heavy atom. The van der Waals surface area contributed by atoms with Crippen LogP contribution in [0.25, 0.3) is 0 Å². The van der Waals surface area contributed by atoms with Crippen LogP contribution in [0.15, 0.2) is 6.07 Å². The van der Waals surface area contributed by atoms with Crippen molar-refractivity contribution in [3.05, 3.63) is 11.9 Å². The summed E-state index contributed by atoms with van der Waals surface area (Å²) in [7, 11) is 0. The lowest BCUT2D eigenvalue weighted by Crippen LogP contribution is -2.27. The van der Waals surface area contributed by atoms with Gasteiger partial charge in [-0.1, -0.05) is 41.5 Å². The van der Waals surface area contributed by atoms with E-state index in [4.69, 9.17) is 10.7 Å². The number of hydrogen-bond acceptors (Lipinski definition) is 4. The first-order valence-corrected chi connectivity index (χ1v) is 7.47. The van der Waals surface area contributed by atoms with Gasteiger partial charge in [-0.25, -0.2) is 9.97 Å². The van der Waals surface area contributed by atoms with Crippen molar-refractivity contribution >= 4 is 11.6 Å². The summed E-state index contributed by atoms with van der Waals surface area (Å²) in [4.78, 5) is 11.5. The SMILES string of the molecule is CC(C)(C)c1nc(N)cc(N2CCC(C(C)(C)C)C2)n1. The first kappa shape index (κ1) is 15.1. The highest BCUT2D eigenvalue weighted by Crippen LogP contribution is 2.35. The molecule has 0 radical (unpaired) electrons. The first-order chi connectivity index (χ1) is 9.07. The molecule has 1 aliphatic heterocycles. The maximum atomic E-state index is 5.97. The van der Waals surface area contributed by atoms with E-state index < -0.39 is 0 Å². The topological polar surface area (TPSA) is 55.0 Å². The van der Waals surface area contributed by atoms with Crippen LogP contribution in [0.5, 0.6) is 0 Å². The van der Waals surface area contributed by atoms with E-state index in [2.05, 4.69) is 51.4 Å². The van der Waals surface area contributed by atoms with E-state index in [0.29, 0.717) is 17.2 Å². The van der Waals surface area contributed by atoms with Gasteiger partial charge in [0.2, 0.25) is 0 Å². The fourth-order valence-corrected chi connectivity index (χ4v) is 2.63. The number of rotatable bonds is 1. The van der Waals surface area contributed by atoms with Gasteiger partial charge in [0.15, 0.2) is 0 Å². The summed E-state index contributed by atoms with van der Waals surface area (Å²) in [5, 5.41) is 0. The minimum atomic E-state index is -0.0761. The third-order valence-corrected chi connectivity index (χ3v) is 4.14. The summed E-state index contributed by atoms with van der Waals surface area (Å²) >= 11 is 0. The van der Waals surface area contributed by atoms with E-state index in [1.54, 1.807) is 0 Å². The van der Waals surface area contributed by atoms with Crippen molar-refractivity contribution in [1.29, 1.82) is 0 Å². The summed E-state index contributed by atoms with van der Waals surface area (Å²) in [5.74, 6) is 3.08. The largest absolute Gasteiger partial charge is 0.384 e. The third-order valence-electron chi connectivity index (χ3n) is 4.14. The number of nitrogens with two attached hydrogens (primary N) is 1. The van der Waals surface area contributed by atoms with Crippen LogP contribution in [0.4, 0.5) is 11.6 Å². The Kier molecular flexibility index (Phi) is 3.69. The lowest BCUT2D eigenvalue weighted by atomic mass is 9.80. The van der Waals surface area contributed by atoms with E-state index >= 15 is 0 Å². The van der Waals surface area contributed by atoms with Crippen molar-refractivity contribution in [2.75, 3.05) is 23.7 Å². The van der Waals surface area contributed by atoms with Crippen molar-refractivity contribution in [2.24, 2.45) is 11.3 Å². The fraction of sp³-hybridized carbons (Fsp3) is 0.750. The Balaban J connectivity index is 2.25. The summed E-state index contributed by atoms with van der Waals surface area (Å²) in [6.45, 7) is 15.4. The highest BCUT2D eigenvalue weighted by molar-refractivity contribution is 5.48. The third kappa shape index (κ3) is 3.22. The molecule has 0 aliphatic carbocycles. The van der Waals surface area contributed by atoms with Crippen LogP contribution in [-0.4, -0.2) is 23.1 Å². The molecule has 0 spiro atoms. The van der Waals surface area contributed by atoms with Crippen molar-refractivity contribution in [1.82, 2.24) is 9.97 Å². The highest BCUT2D eigenvalue weighted by atomic mass is 15.2. The summed E-state index contributed by atoms with van der Waals surface area (Å²) in [5.41, 5.74) is 6.24. The van der Waals surface area contributed by atoms with Crippen LogP contribution in [-0.2, 0) is 5.41 Å². The molecule has 20 heavy (non-hydrogen) atoms. The monoisotopic (exact) mass is 276 g/mol. The molecule has 112 valence electrons. The zero-order valence-corrected chi connectivity index (χ0v) is 13.7. The van der Waals surface area contributed by atoms with Crippen LogP contribution in [0.3, 0.4) is 0 Å². The highest BCUT2D eigenvalue weighted by Gasteiger charge is 2.33. The van der Waals surface area contributed by atoms with Crippen LogP contribution in [0.2, 0.25) is 0 Å². The van der Waals surface area contributed by atoms with E-state index in [1.807, 2.05) is 6.07 Å². The molecule has 1 aromatic heterocycles. The van der Waals surface area contributed by atoms with Crippen molar-refractivity contribution in [3.8, 4) is 0 Å². The molecule has 1 saturated heterocycles. The van der Waals surface area contributed by atoms with Crippen molar-refractivity contribution in [3.63, 3.8) is 0 Å². The molecule has 0 amide bonds. The number of aromatic nitrogens is 2. The van der Waals surface area contributed by atoms with E-state index in [1.165, 1.54) is 6.42 Å². The second kappa shape index (κ2) is 4.90. The Bertz CT molecular complexity index is 482. The average molecular weight is 276 g/mol. The van der Waals surface area contributed by atoms with Gasteiger partial charge >= 0.3 is 0 Å². The molecule has 2 N–H and O–H groups in total. The minimum absolute atomic E-state index is 0.0761. The standard InChI is InChI=1S/C16H28N4/c1-15(2,3)11-7-8-20(10-11)13-9-12(17)18-14(19-13)16(4,5)6/h9,11H,7-8,10H2,1-6H3,(H2,17,18,19). The smallest absolute Gasteiger partial charge is 0.138 e. The van der Waals surface area contributed by atoms with Gasteiger partial charge in [0.05, 0.1) is 0 Å². The van der Waals surface area contributed by atoms with Gasteiger partial charge in [-0.05, 0) is 17.8 Å². The van der Waals surface area contributed by atoms with E-state index in [9.17, 15) is 0 Å². The quantitative estimate of drug-likeness (QED) is 0.855. The number of anilines is 2. The maximum absolute atomic E-state index is 5.97. The van der Waals surface area contributed by atoms with Gasteiger partial charge in [0.1, 0.15) is 17.5 Å². The molecule has 1 aromatic rings. The van der Waals surface area contributed by atoms with E-state index in [-0.39, 0.29) is 5.41 Å². The summed E-state index contributed by atoms with van der Waals surface area (Å²) in [6.07, 6.45) is 1.22. The van der Waals surface area contributed by atoms with Gasteiger partial charge in [-0.3, -0.25) is 0 Å². The molecular formula is C16H28N4. The van der Waals surface area contributed by atoms with Gasteiger partial charge in [0.25, 0.3) is 0 Å². The van der Waals surface area contributed by atoms with Crippen LogP contribution >= 0.6 is 0 Å². The molecule has 0 saturated carbocycles. The molecule has 4 nitrogen and oxygen atoms in total. The van der Waals surface area contributed by atoms with Gasteiger partial charge in [-0.2, -0.15) is 0 Å². The van der Waals surface area contributed by atoms with Crippen LogP contribution < -0.4 is 10.6 Å². The molecule has 1 atom stereocenters. The average Bonchev–Trinajstić information content (AvgIpc) is 2.75. The minimum Gasteiger partial charge on any atom is -0.384 e. The van der Waals surface area contributed by atoms with Gasteiger partial charge in [0, 0.05) is 24.6 Å². The van der Waals surface area contributed by atoms with Crippen molar-refractivity contribution < 1.29 is 0 Å². The Morgan fingerprint density at radius 1 is 1.15 bits per heavy atom. The van der Waals surface area contributed by atoms with E-state index in [0.717, 1.165) is 24.7 Å². The van der Waals surface area contributed by atoms with Crippen LogP contribution in [0.1, 0.15) is 53.8 Å². The molecule has 0 aromatic carbocycles. The fourth-order valence-electron chi connectivity index (χ4n) is 2.63.